The number of pyridine rings is 1. The molecule has 1 fully saturated rings. The van der Waals surface area contributed by atoms with Crippen LogP contribution < -0.4 is 14.5 Å². The minimum Gasteiger partial charge on any atom is -0.395 e. The normalized spacial score (nSPS) is 18.2. The Kier molecular flexibility index (Phi) is 9.29. The van der Waals surface area contributed by atoms with Crippen LogP contribution in [0.3, 0.4) is 0 Å². The number of anilines is 2. The lowest BCUT2D eigenvalue weighted by atomic mass is 10.2. The number of nitrogens with zero attached hydrogens (tertiary/aromatic N) is 4. The minimum atomic E-state index is -3.61. The number of hydrogen-bond donors (Lipinski definition) is 2. The first-order valence-electron chi connectivity index (χ1n) is 11.3. The summed E-state index contributed by atoms with van der Waals surface area (Å²) in [6.45, 7) is 7.91. The van der Waals surface area contributed by atoms with Gasteiger partial charge in [-0.1, -0.05) is 6.92 Å². The number of sulfonamides is 1. The molecule has 2 unspecified atom stereocenters. The summed E-state index contributed by atoms with van der Waals surface area (Å²) in [5.74, 6) is 1.67. The number of hydrogen-bond acceptors (Lipinski definition) is 7. The Morgan fingerprint density at radius 3 is 2.38 bits per heavy atom. The zero-order valence-electron chi connectivity index (χ0n) is 20.2. The minimum absolute atomic E-state index is 0.123. The average molecular weight is 470 g/mol. The fourth-order valence-corrected chi connectivity index (χ4v) is 4.47. The van der Waals surface area contributed by atoms with E-state index in [1.54, 1.807) is 19.9 Å². The Hall–Kier alpha value is -1.91. The van der Waals surface area contributed by atoms with Gasteiger partial charge in [-0.15, -0.1) is 0 Å². The number of nitrogens with one attached hydrogen (secondary N) is 1. The van der Waals surface area contributed by atoms with E-state index in [4.69, 9.17) is 5.11 Å². The Morgan fingerprint density at radius 1 is 1.22 bits per heavy atom. The summed E-state index contributed by atoms with van der Waals surface area (Å²) in [6, 6.07) is 3.21. The molecular formula is C22H39N5O4S. The Morgan fingerprint density at radius 2 is 1.84 bits per heavy atom. The summed E-state index contributed by atoms with van der Waals surface area (Å²) in [5.41, 5.74) is 0.325. The highest BCUT2D eigenvalue weighted by Gasteiger charge is 2.34. The molecule has 1 aliphatic rings. The summed E-state index contributed by atoms with van der Waals surface area (Å²) < 4.78 is 26.7. The second-order valence-corrected chi connectivity index (χ2v) is 11.7. The van der Waals surface area contributed by atoms with Crippen LogP contribution in [0, 0.1) is 11.8 Å². The molecule has 1 aromatic rings. The maximum absolute atomic E-state index is 12.8. The molecular weight excluding hydrogens is 430 g/mol. The number of carbonyl (C=O) groups excluding carboxylic acids is 1. The molecule has 0 radical (unpaired) electrons. The molecule has 1 saturated carbocycles. The highest BCUT2D eigenvalue weighted by atomic mass is 32.2. The number of aliphatic hydroxyl groups is 1. The standard InChI is InChI=1S/C22H39N5O4S/c1-16(2)32(30,31)26(6)20-13-18(22(29)23-8-11-28)14-21(24-20)27(10-7-9-25(4)5)15-19-12-17(19)3/h13-14,16-17,19,28H,7-12,15H2,1-6H3,(H,23,29). The largest absolute Gasteiger partial charge is 0.395 e. The average Bonchev–Trinajstić information content (AvgIpc) is 3.44. The van der Waals surface area contributed by atoms with Gasteiger partial charge < -0.3 is 20.2 Å². The van der Waals surface area contributed by atoms with Crippen LogP contribution in [-0.2, 0) is 10.0 Å². The molecule has 0 saturated heterocycles. The predicted molar refractivity (Wildman–Crippen MR) is 129 cm³/mol. The van der Waals surface area contributed by atoms with Crippen LogP contribution >= 0.6 is 0 Å². The molecule has 1 aliphatic carbocycles. The second-order valence-electron chi connectivity index (χ2n) is 9.19. The molecule has 1 amide bonds. The smallest absolute Gasteiger partial charge is 0.251 e. The monoisotopic (exact) mass is 469 g/mol. The van der Waals surface area contributed by atoms with E-state index in [0.29, 0.717) is 23.2 Å². The Balaban J connectivity index is 2.44. The third-order valence-corrected chi connectivity index (χ3v) is 7.99. The van der Waals surface area contributed by atoms with Gasteiger partial charge in [0.15, 0.2) is 0 Å². The number of aromatic nitrogens is 1. The van der Waals surface area contributed by atoms with Crippen molar-refractivity contribution in [3.8, 4) is 0 Å². The van der Waals surface area contributed by atoms with Gasteiger partial charge in [0.2, 0.25) is 10.0 Å². The van der Waals surface area contributed by atoms with E-state index in [1.165, 1.54) is 13.1 Å². The van der Waals surface area contributed by atoms with Crippen molar-refractivity contribution in [3.05, 3.63) is 17.7 Å². The lowest BCUT2D eigenvalue weighted by Gasteiger charge is -2.28. The van der Waals surface area contributed by atoms with Crippen molar-refractivity contribution in [1.82, 2.24) is 15.2 Å². The molecule has 1 heterocycles. The molecule has 10 heteroatoms. The van der Waals surface area contributed by atoms with Crippen LogP contribution in [-0.4, -0.2) is 88.5 Å². The Bertz CT molecular complexity index is 875. The summed E-state index contributed by atoms with van der Waals surface area (Å²) in [4.78, 5) is 21.7. The third-order valence-electron chi connectivity index (χ3n) is 5.85. The first kappa shape index (κ1) is 26.3. The van der Waals surface area contributed by atoms with Gasteiger partial charge in [-0.25, -0.2) is 13.4 Å². The zero-order chi connectivity index (χ0) is 24.1. The van der Waals surface area contributed by atoms with Crippen molar-refractivity contribution < 1.29 is 18.3 Å². The maximum atomic E-state index is 12.8. The highest BCUT2D eigenvalue weighted by molar-refractivity contribution is 7.93. The van der Waals surface area contributed by atoms with Gasteiger partial charge in [-0.2, -0.15) is 0 Å². The topological polar surface area (TPSA) is 106 Å². The number of aliphatic hydroxyl groups excluding tert-OH is 1. The van der Waals surface area contributed by atoms with Crippen molar-refractivity contribution in [2.45, 2.75) is 38.9 Å². The molecule has 0 aromatic carbocycles. The summed E-state index contributed by atoms with van der Waals surface area (Å²) >= 11 is 0. The van der Waals surface area contributed by atoms with E-state index in [9.17, 15) is 13.2 Å². The van der Waals surface area contributed by atoms with Crippen molar-refractivity contribution in [3.63, 3.8) is 0 Å². The first-order chi connectivity index (χ1) is 15.0. The van der Waals surface area contributed by atoms with Gasteiger partial charge in [0.25, 0.3) is 5.91 Å². The molecule has 0 spiro atoms. The first-order valence-corrected chi connectivity index (χ1v) is 12.8. The molecule has 0 aliphatic heterocycles. The highest BCUT2D eigenvalue weighted by Crippen LogP contribution is 2.39. The predicted octanol–water partition coefficient (Wildman–Crippen LogP) is 1.39. The van der Waals surface area contributed by atoms with E-state index in [-0.39, 0.29) is 24.9 Å². The van der Waals surface area contributed by atoms with Gasteiger partial charge in [-0.3, -0.25) is 9.10 Å². The van der Waals surface area contributed by atoms with E-state index >= 15 is 0 Å². The van der Waals surface area contributed by atoms with Gasteiger partial charge >= 0.3 is 0 Å². The van der Waals surface area contributed by atoms with Crippen LogP contribution in [0.2, 0.25) is 0 Å². The van der Waals surface area contributed by atoms with E-state index < -0.39 is 15.3 Å². The van der Waals surface area contributed by atoms with Gasteiger partial charge in [0.1, 0.15) is 11.6 Å². The molecule has 2 rings (SSSR count). The van der Waals surface area contributed by atoms with Crippen molar-refractivity contribution >= 4 is 27.6 Å². The van der Waals surface area contributed by atoms with Crippen molar-refractivity contribution in [1.29, 1.82) is 0 Å². The molecule has 32 heavy (non-hydrogen) atoms. The van der Waals surface area contributed by atoms with Gasteiger partial charge in [-0.05, 0) is 71.3 Å². The molecule has 2 N–H and O–H groups in total. The molecule has 1 aromatic heterocycles. The zero-order valence-corrected chi connectivity index (χ0v) is 21.0. The van der Waals surface area contributed by atoms with Crippen molar-refractivity contribution in [2.75, 3.05) is 63.1 Å². The maximum Gasteiger partial charge on any atom is 0.251 e. The summed E-state index contributed by atoms with van der Waals surface area (Å²) in [7, 11) is 1.92. The van der Waals surface area contributed by atoms with E-state index in [2.05, 4.69) is 27.0 Å². The van der Waals surface area contributed by atoms with E-state index in [0.717, 1.165) is 36.8 Å². The fourth-order valence-electron chi connectivity index (χ4n) is 3.49. The number of amides is 1. The van der Waals surface area contributed by atoms with Gasteiger partial charge in [0, 0.05) is 32.2 Å². The SMILES string of the molecule is CC1CC1CN(CCCN(C)C)c1cc(C(=O)NCCO)cc(N(C)S(=O)(=O)C(C)C)n1. The van der Waals surface area contributed by atoms with Gasteiger partial charge in [0.05, 0.1) is 11.9 Å². The van der Waals surface area contributed by atoms with Crippen LogP contribution in [0.5, 0.6) is 0 Å². The van der Waals surface area contributed by atoms with E-state index in [1.807, 2.05) is 14.1 Å². The molecule has 9 nitrogen and oxygen atoms in total. The third kappa shape index (κ3) is 7.05. The number of carbonyl (C=O) groups is 1. The Labute approximate surface area is 192 Å². The molecule has 182 valence electrons. The molecule has 2 atom stereocenters. The summed E-state index contributed by atoms with van der Waals surface area (Å²) in [5, 5.41) is 11.1. The second kappa shape index (κ2) is 11.3. The summed E-state index contributed by atoms with van der Waals surface area (Å²) in [6.07, 6.45) is 2.08. The lowest BCUT2D eigenvalue weighted by Crippen LogP contribution is -2.35. The van der Waals surface area contributed by atoms with Crippen LogP contribution in [0.4, 0.5) is 11.6 Å². The van der Waals surface area contributed by atoms with Crippen molar-refractivity contribution in [2.24, 2.45) is 11.8 Å². The fraction of sp³-hybridized carbons (Fsp3) is 0.727. The number of rotatable bonds is 13. The lowest BCUT2D eigenvalue weighted by molar-refractivity contribution is 0.0944. The van der Waals surface area contributed by atoms with Crippen LogP contribution in [0.1, 0.15) is 44.0 Å². The quantitative estimate of drug-likeness (QED) is 0.450. The van der Waals surface area contributed by atoms with Crippen LogP contribution in [0.25, 0.3) is 0 Å². The molecule has 0 bridgehead atoms. The van der Waals surface area contributed by atoms with Crippen LogP contribution in [0.15, 0.2) is 12.1 Å².